The molecule has 3 aromatic carbocycles. The number of fused-ring (bicyclic) bond motifs is 1. The summed E-state index contributed by atoms with van der Waals surface area (Å²) in [5.41, 5.74) is 5.50. The SMILES string of the molecule is CCCCOCCOc1ccc(-c2ccc3c(c2)C=C(C(=O)O)CC(C)N3Cc2cccc(OC)c2)cc1. The highest BCUT2D eigenvalue weighted by molar-refractivity contribution is 5.95. The van der Waals surface area contributed by atoms with Crippen molar-refractivity contribution < 1.29 is 24.1 Å². The fraction of sp³-hybridized carbons (Fsp3) is 0.344. The Morgan fingerprint density at radius 3 is 2.50 bits per heavy atom. The Balaban J connectivity index is 1.56. The predicted molar refractivity (Wildman–Crippen MR) is 152 cm³/mol. The van der Waals surface area contributed by atoms with Crippen LogP contribution in [0.5, 0.6) is 11.5 Å². The summed E-state index contributed by atoms with van der Waals surface area (Å²) in [7, 11) is 1.66. The molecule has 0 aliphatic carbocycles. The van der Waals surface area contributed by atoms with E-state index in [2.05, 4.69) is 43.0 Å². The van der Waals surface area contributed by atoms with Crippen LogP contribution in [0.15, 0.2) is 72.3 Å². The molecule has 1 N–H and O–H groups in total. The number of hydrogen-bond donors (Lipinski definition) is 1. The lowest BCUT2D eigenvalue weighted by Crippen LogP contribution is -2.33. The van der Waals surface area contributed by atoms with Crippen LogP contribution in [0.3, 0.4) is 0 Å². The largest absolute Gasteiger partial charge is 0.497 e. The zero-order valence-electron chi connectivity index (χ0n) is 22.5. The molecule has 0 fully saturated rings. The van der Waals surface area contributed by atoms with Crippen molar-refractivity contribution >= 4 is 17.7 Å². The number of unbranched alkanes of at least 4 members (excludes halogenated alkanes) is 1. The van der Waals surface area contributed by atoms with Crippen molar-refractivity contribution in [3.8, 4) is 22.6 Å². The molecule has 38 heavy (non-hydrogen) atoms. The molecular weight excluding hydrogens is 478 g/mol. The van der Waals surface area contributed by atoms with Crippen LogP contribution in [0.25, 0.3) is 17.2 Å². The van der Waals surface area contributed by atoms with E-state index in [4.69, 9.17) is 14.2 Å². The normalized spacial score (nSPS) is 14.9. The van der Waals surface area contributed by atoms with Crippen molar-refractivity contribution in [1.29, 1.82) is 0 Å². The van der Waals surface area contributed by atoms with Crippen molar-refractivity contribution in [3.05, 3.63) is 83.4 Å². The number of carboxylic acid groups (broad SMARTS) is 1. The number of nitrogens with zero attached hydrogens (tertiary/aromatic N) is 1. The van der Waals surface area contributed by atoms with E-state index >= 15 is 0 Å². The first-order valence-corrected chi connectivity index (χ1v) is 13.3. The van der Waals surface area contributed by atoms with Crippen LogP contribution >= 0.6 is 0 Å². The van der Waals surface area contributed by atoms with Gasteiger partial charge < -0.3 is 24.2 Å². The number of methoxy groups -OCH3 is 1. The van der Waals surface area contributed by atoms with Crippen LogP contribution in [0.1, 0.15) is 44.2 Å². The molecule has 0 saturated heterocycles. The fourth-order valence-electron chi connectivity index (χ4n) is 4.69. The smallest absolute Gasteiger partial charge is 0.331 e. The third-order valence-corrected chi connectivity index (χ3v) is 6.80. The summed E-state index contributed by atoms with van der Waals surface area (Å²) in [6.07, 6.45) is 4.46. The van der Waals surface area contributed by atoms with Gasteiger partial charge in [-0.05, 0) is 84.5 Å². The number of rotatable bonds is 12. The van der Waals surface area contributed by atoms with Crippen LogP contribution in [0.2, 0.25) is 0 Å². The van der Waals surface area contributed by atoms with Crippen molar-refractivity contribution in [1.82, 2.24) is 0 Å². The van der Waals surface area contributed by atoms with E-state index in [0.717, 1.165) is 58.9 Å². The molecule has 3 aromatic rings. The van der Waals surface area contributed by atoms with E-state index in [-0.39, 0.29) is 6.04 Å². The van der Waals surface area contributed by atoms with Crippen LogP contribution in [-0.2, 0) is 16.1 Å². The van der Waals surface area contributed by atoms with Gasteiger partial charge in [-0.2, -0.15) is 0 Å². The second-order valence-corrected chi connectivity index (χ2v) is 9.62. The highest BCUT2D eigenvalue weighted by Crippen LogP contribution is 2.36. The van der Waals surface area contributed by atoms with Crippen molar-refractivity contribution in [3.63, 3.8) is 0 Å². The summed E-state index contributed by atoms with van der Waals surface area (Å²) in [5.74, 6) is 0.729. The van der Waals surface area contributed by atoms with E-state index in [1.807, 2.05) is 48.5 Å². The van der Waals surface area contributed by atoms with Crippen molar-refractivity contribution in [2.45, 2.75) is 45.7 Å². The van der Waals surface area contributed by atoms with Gasteiger partial charge in [-0.15, -0.1) is 0 Å². The molecule has 6 nitrogen and oxygen atoms in total. The van der Waals surface area contributed by atoms with E-state index in [1.54, 1.807) is 7.11 Å². The number of carbonyl (C=O) groups is 1. The number of carboxylic acids is 1. The number of anilines is 1. The van der Waals surface area contributed by atoms with Gasteiger partial charge in [0.05, 0.1) is 13.7 Å². The molecular formula is C32H37NO5. The number of ether oxygens (including phenoxy) is 3. The molecule has 1 unspecified atom stereocenters. The summed E-state index contributed by atoms with van der Waals surface area (Å²) >= 11 is 0. The third kappa shape index (κ3) is 6.95. The van der Waals surface area contributed by atoms with Gasteiger partial charge in [-0.3, -0.25) is 0 Å². The Morgan fingerprint density at radius 2 is 1.76 bits per heavy atom. The Morgan fingerprint density at radius 1 is 0.974 bits per heavy atom. The van der Waals surface area contributed by atoms with Gasteiger partial charge in [0, 0.05) is 30.5 Å². The number of benzene rings is 3. The maximum absolute atomic E-state index is 12.0. The lowest BCUT2D eigenvalue weighted by atomic mass is 10.00. The molecule has 4 rings (SSSR count). The molecule has 0 amide bonds. The molecule has 6 heteroatoms. The first kappa shape index (κ1) is 27.3. The van der Waals surface area contributed by atoms with E-state index < -0.39 is 5.97 Å². The van der Waals surface area contributed by atoms with E-state index in [9.17, 15) is 9.90 Å². The quantitative estimate of drug-likeness (QED) is 0.267. The maximum Gasteiger partial charge on any atom is 0.331 e. The third-order valence-electron chi connectivity index (χ3n) is 6.80. The monoisotopic (exact) mass is 515 g/mol. The zero-order chi connectivity index (χ0) is 26.9. The second kappa shape index (κ2) is 13.2. The zero-order valence-corrected chi connectivity index (χ0v) is 22.5. The summed E-state index contributed by atoms with van der Waals surface area (Å²) in [4.78, 5) is 14.3. The fourth-order valence-corrected chi connectivity index (χ4v) is 4.69. The second-order valence-electron chi connectivity index (χ2n) is 9.62. The molecule has 200 valence electrons. The number of hydrogen-bond acceptors (Lipinski definition) is 5. The first-order valence-electron chi connectivity index (χ1n) is 13.3. The summed E-state index contributed by atoms with van der Waals surface area (Å²) < 4.78 is 16.8. The summed E-state index contributed by atoms with van der Waals surface area (Å²) in [5, 5.41) is 9.87. The van der Waals surface area contributed by atoms with E-state index in [1.165, 1.54) is 0 Å². The Hall–Kier alpha value is -3.77. The molecule has 1 heterocycles. The molecule has 0 bridgehead atoms. The topological polar surface area (TPSA) is 68.2 Å². The highest BCUT2D eigenvalue weighted by Gasteiger charge is 2.25. The molecule has 1 atom stereocenters. The minimum Gasteiger partial charge on any atom is -0.497 e. The van der Waals surface area contributed by atoms with Gasteiger partial charge in [-0.25, -0.2) is 4.79 Å². The minimum absolute atomic E-state index is 0.0121. The molecule has 0 spiro atoms. The summed E-state index contributed by atoms with van der Waals surface area (Å²) in [6, 6.07) is 22.3. The first-order chi connectivity index (χ1) is 18.5. The lowest BCUT2D eigenvalue weighted by molar-refractivity contribution is -0.132. The minimum atomic E-state index is -0.878. The predicted octanol–water partition coefficient (Wildman–Crippen LogP) is 6.82. The lowest BCUT2D eigenvalue weighted by Gasteiger charge is -2.31. The van der Waals surface area contributed by atoms with Gasteiger partial charge in [0.25, 0.3) is 0 Å². The van der Waals surface area contributed by atoms with Crippen LogP contribution in [0.4, 0.5) is 5.69 Å². The Bertz CT molecular complexity index is 1250. The Kier molecular flexibility index (Phi) is 9.44. The summed E-state index contributed by atoms with van der Waals surface area (Å²) in [6.45, 7) is 6.74. The van der Waals surface area contributed by atoms with Crippen LogP contribution in [-0.4, -0.2) is 44.0 Å². The van der Waals surface area contributed by atoms with Crippen molar-refractivity contribution in [2.24, 2.45) is 0 Å². The van der Waals surface area contributed by atoms with Gasteiger partial charge in [0.1, 0.15) is 18.1 Å². The highest BCUT2D eigenvalue weighted by atomic mass is 16.5. The van der Waals surface area contributed by atoms with Gasteiger partial charge in [0.2, 0.25) is 0 Å². The molecule has 1 aliphatic rings. The molecule has 0 saturated carbocycles. The van der Waals surface area contributed by atoms with E-state index in [0.29, 0.717) is 31.8 Å². The average Bonchev–Trinajstić information content (AvgIpc) is 3.07. The van der Waals surface area contributed by atoms with Gasteiger partial charge in [-0.1, -0.05) is 43.7 Å². The van der Waals surface area contributed by atoms with Gasteiger partial charge in [0.15, 0.2) is 0 Å². The van der Waals surface area contributed by atoms with Crippen molar-refractivity contribution in [2.75, 3.05) is 31.8 Å². The van der Waals surface area contributed by atoms with Crippen LogP contribution in [0, 0.1) is 0 Å². The standard InChI is InChI=1S/C32H37NO5/c1-4-5-15-37-16-17-38-29-12-9-25(10-13-29)26-11-14-31-27(20-26)21-28(32(34)35)18-23(2)33(31)22-24-7-6-8-30(19-24)36-3/h6-14,19-21,23H,4-5,15-18,22H2,1-3H3,(H,34,35). The maximum atomic E-state index is 12.0. The number of aliphatic carboxylic acids is 1. The average molecular weight is 516 g/mol. The van der Waals surface area contributed by atoms with Gasteiger partial charge >= 0.3 is 5.97 Å². The van der Waals surface area contributed by atoms with Crippen LogP contribution < -0.4 is 14.4 Å². The molecule has 0 radical (unpaired) electrons. The Labute approximate surface area is 225 Å². The molecule has 1 aliphatic heterocycles. The molecule has 0 aromatic heterocycles.